The average molecular weight is 345 g/mol. The summed E-state index contributed by atoms with van der Waals surface area (Å²) in [5.74, 6) is -2.17. The number of urea groups is 1. The minimum atomic E-state index is -0.887. The van der Waals surface area contributed by atoms with Crippen LogP contribution in [0.25, 0.3) is 0 Å². The first kappa shape index (κ1) is 19.8. The van der Waals surface area contributed by atoms with E-state index in [1.54, 1.807) is 13.8 Å². The van der Waals surface area contributed by atoms with Crippen LogP contribution in [-0.4, -0.2) is 31.2 Å². The van der Waals surface area contributed by atoms with Crippen molar-refractivity contribution in [1.29, 1.82) is 0 Å². The summed E-state index contributed by atoms with van der Waals surface area (Å²) in [6, 6.07) is 0.861. The fourth-order valence-corrected chi connectivity index (χ4v) is 2.13. The standard InChI is InChI=1S/C16H22F3N3O2/c1-9(2)14(12-5-4-11(18)8-13(12)19)22-16(24)21-10(3)15(23)20-7-6-17/h4-5,8-10,14H,6-7H2,1-3H3,(H,20,23)(H2,21,22,24)/t10-,14-/m0/s1. The number of hydrogen-bond donors (Lipinski definition) is 3. The molecule has 0 aliphatic heterocycles. The van der Waals surface area contributed by atoms with E-state index in [0.29, 0.717) is 0 Å². The van der Waals surface area contributed by atoms with E-state index in [1.807, 2.05) is 0 Å². The fraction of sp³-hybridized carbons (Fsp3) is 0.500. The number of amides is 3. The van der Waals surface area contributed by atoms with Crippen LogP contribution in [0.3, 0.4) is 0 Å². The molecular weight excluding hydrogens is 323 g/mol. The number of carbonyl (C=O) groups excluding carboxylic acids is 2. The Labute approximate surface area is 139 Å². The molecule has 3 amide bonds. The molecule has 3 N–H and O–H groups in total. The first-order valence-electron chi connectivity index (χ1n) is 7.62. The molecule has 0 aliphatic carbocycles. The highest BCUT2D eigenvalue weighted by atomic mass is 19.1. The van der Waals surface area contributed by atoms with E-state index in [9.17, 15) is 22.8 Å². The molecule has 2 atom stereocenters. The second kappa shape index (κ2) is 9.14. The largest absolute Gasteiger partial charge is 0.352 e. The smallest absolute Gasteiger partial charge is 0.315 e. The summed E-state index contributed by atoms with van der Waals surface area (Å²) < 4.78 is 39.0. The monoisotopic (exact) mass is 345 g/mol. The number of rotatable bonds is 7. The molecule has 5 nitrogen and oxygen atoms in total. The molecule has 0 radical (unpaired) electrons. The number of alkyl halides is 1. The zero-order valence-corrected chi connectivity index (χ0v) is 13.8. The van der Waals surface area contributed by atoms with Gasteiger partial charge in [-0.1, -0.05) is 19.9 Å². The van der Waals surface area contributed by atoms with Gasteiger partial charge < -0.3 is 16.0 Å². The Kier molecular flexibility index (Phi) is 7.54. The summed E-state index contributed by atoms with van der Waals surface area (Å²) >= 11 is 0. The van der Waals surface area contributed by atoms with Gasteiger partial charge in [0, 0.05) is 18.2 Å². The van der Waals surface area contributed by atoms with Crippen LogP contribution in [0, 0.1) is 17.6 Å². The zero-order chi connectivity index (χ0) is 18.3. The van der Waals surface area contributed by atoms with E-state index in [2.05, 4.69) is 16.0 Å². The van der Waals surface area contributed by atoms with Crippen molar-refractivity contribution < 1.29 is 22.8 Å². The first-order valence-corrected chi connectivity index (χ1v) is 7.62. The second-order valence-corrected chi connectivity index (χ2v) is 5.71. The Bertz CT molecular complexity index is 582. The maximum atomic E-state index is 13.9. The molecule has 1 aromatic rings. The van der Waals surface area contributed by atoms with Crippen LogP contribution in [0.5, 0.6) is 0 Å². The maximum absolute atomic E-state index is 13.9. The second-order valence-electron chi connectivity index (χ2n) is 5.71. The normalized spacial score (nSPS) is 13.3. The van der Waals surface area contributed by atoms with Crippen molar-refractivity contribution in [1.82, 2.24) is 16.0 Å². The highest BCUT2D eigenvalue weighted by Crippen LogP contribution is 2.24. The van der Waals surface area contributed by atoms with Crippen LogP contribution in [-0.2, 0) is 4.79 Å². The Morgan fingerprint density at radius 2 is 1.79 bits per heavy atom. The lowest BCUT2D eigenvalue weighted by atomic mass is 9.95. The Morgan fingerprint density at radius 3 is 2.33 bits per heavy atom. The van der Waals surface area contributed by atoms with E-state index >= 15 is 0 Å². The molecule has 0 heterocycles. The van der Waals surface area contributed by atoms with Gasteiger partial charge in [0.2, 0.25) is 5.91 Å². The Balaban J connectivity index is 2.75. The van der Waals surface area contributed by atoms with Crippen LogP contribution < -0.4 is 16.0 Å². The molecule has 0 aromatic heterocycles. The molecule has 0 unspecified atom stereocenters. The van der Waals surface area contributed by atoms with Gasteiger partial charge in [0.1, 0.15) is 24.4 Å². The highest BCUT2D eigenvalue weighted by molar-refractivity contribution is 5.86. The molecule has 0 spiro atoms. The van der Waals surface area contributed by atoms with Crippen molar-refractivity contribution in [3.05, 3.63) is 35.4 Å². The van der Waals surface area contributed by atoms with Crippen molar-refractivity contribution in [2.45, 2.75) is 32.9 Å². The molecular formula is C16H22F3N3O2. The lowest BCUT2D eigenvalue weighted by molar-refractivity contribution is -0.122. The van der Waals surface area contributed by atoms with Gasteiger partial charge in [-0.05, 0) is 18.9 Å². The van der Waals surface area contributed by atoms with E-state index < -0.39 is 42.3 Å². The molecule has 134 valence electrons. The lowest BCUT2D eigenvalue weighted by Crippen LogP contribution is -2.50. The molecule has 0 aliphatic rings. The molecule has 1 aromatic carbocycles. The first-order chi connectivity index (χ1) is 11.3. The van der Waals surface area contributed by atoms with Gasteiger partial charge in [-0.25, -0.2) is 18.0 Å². The molecule has 1 rings (SSSR count). The van der Waals surface area contributed by atoms with Crippen molar-refractivity contribution in [2.24, 2.45) is 5.92 Å². The van der Waals surface area contributed by atoms with E-state index in [0.717, 1.165) is 12.1 Å². The Hall–Kier alpha value is -2.25. The van der Waals surface area contributed by atoms with Gasteiger partial charge in [0.05, 0.1) is 6.04 Å². The summed E-state index contributed by atoms with van der Waals surface area (Å²) in [6.07, 6.45) is 0. The number of benzene rings is 1. The third-order valence-corrected chi connectivity index (χ3v) is 3.39. The van der Waals surface area contributed by atoms with Gasteiger partial charge in [-0.3, -0.25) is 4.79 Å². The summed E-state index contributed by atoms with van der Waals surface area (Å²) in [5, 5.41) is 7.26. The highest BCUT2D eigenvalue weighted by Gasteiger charge is 2.23. The molecule has 0 saturated carbocycles. The molecule has 0 bridgehead atoms. The topological polar surface area (TPSA) is 70.2 Å². The third-order valence-electron chi connectivity index (χ3n) is 3.39. The minimum Gasteiger partial charge on any atom is -0.352 e. The summed E-state index contributed by atoms with van der Waals surface area (Å²) in [4.78, 5) is 23.6. The van der Waals surface area contributed by atoms with Crippen molar-refractivity contribution in [2.75, 3.05) is 13.2 Å². The molecule has 24 heavy (non-hydrogen) atoms. The van der Waals surface area contributed by atoms with E-state index in [4.69, 9.17) is 0 Å². The third kappa shape index (κ3) is 5.75. The van der Waals surface area contributed by atoms with Gasteiger partial charge in [-0.15, -0.1) is 0 Å². The van der Waals surface area contributed by atoms with Gasteiger partial charge >= 0.3 is 6.03 Å². The number of halogens is 3. The van der Waals surface area contributed by atoms with Crippen LogP contribution in [0.15, 0.2) is 18.2 Å². The predicted octanol–water partition coefficient (Wildman–Crippen LogP) is 2.44. The number of nitrogens with one attached hydrogen (secondary N) is 3. The van der Waals surface area contributed by atoms with Crippen LogP contribution >= 0.6 is 0 Å². The predicted molar refractivity (Wildman–Crippen MR) is 84.1 cm³/mol. The van der Waals surface area contributed by atoms with E-state index in [1.165, 1.54) is 13.0 Å². The van der Waals surface area contributed by atoms with Gasteiger partial charge in [-0.2, -0.15) is 0 Å². The molecule has 0 saturated heterocycles. The quantitative estimate of drug-likeness (QED) is 0.710. The zero-order valence-electron chi connectivity index (χ0n) is 13.8. The molecule has 8 heteroatoms. The average Bonchev–Trinajstić information content (AvgIpc) is 2.50. The Morgan fingerprint density at radius 1 is 1.12 bits per heavy atom. The number of carbonyl (C=O) groups is 2. The molecule has 0 fully saturated rings. The van der Waals surface area contributed by atoms with Crippen molar-refractivity contribution in [3.63, 3.8) is 0 Å². The van der Waals surface area contributed by atoms with Gasteiger partial charge in [0.25, 0.3) is 0 Å². The summed E-state index contributed by atoms with van der Waals surface area (Å²) in [6.45, 7) is 4.14. The summed E-state index contributed by atoms with van der Waals surface area (Å²) in [5.41, 5.74) is 0.149. The number of hydrogen-bond acceptors (Lipinski definition) is 2. The lowest BCUT2D eigenvalue weighted by Gasteiger charge is -2.24. The van der Waals surface area contributed by atoms with Crippen LogP contribution in [0.2, 0.25) is 0 Å². The van der Waals surface area contributed by atoms with Crippen LogP contribution in [0.4, 0.5) is 18.0 Å². The fourth-order valence-electron chi connectivity index (χ4n) is 2.13. The van der Waals surface area contributed by atoms with Crippen molar-refractivity contribution in [3.8, 4) is 0 Å². The van der Waals surface area contributed by atoms with Gasteiger partial charge in [0.15, 0.2) is 0 Å². The maximum Gasteiger partial charge on any atom is 0.315 e. The summed E-state index contributed by atoms with van der Waals surface area (Å²) in [7, 11) is 0. The van der Waals surface area contributed by atoms with Crippen molar-refractivity contribution >= 4 is 11.9 Å². The SMILES string of the molecule is CC(C)[C@H](NC(=O)N[C@@H](C)C(=O)NCCF)c1ccc(F)cc1F. The van der Waals surface area contributed by atoms with E-state index in [-0.39, 0.29) is 18.0 Å². The van der Waals surface area contributed by atoms with Crippen LogP contribution in [0.1, 0.15) is 32.4 Å². The minimum absolute atomic E-state index is 0.137.